The highest BCUT2D eigenvalue weighted by atomic mass is 35.5. The normalized spacial score (nSPS) is 11.9. The van der Waals surface area contributed by atoms with Gasteiger partial charge in [-0.1, -0.05) is 62.0 Å². The van der Waals surface area contributed by atoms with E-state index in [0.29, 0.717) is 25.0 Å². The maximum absolute atomic E-state index is 13.5. The van der Waals surface area contributed by atoms with E-state index in [9.17, 15) is 46.6 Å². The summed E-state index contributed by atoms with van der Waals surface area (Å²) in [7, 11) is 0. The Morgan fingerprint density at radius 3 is 1.28 bits per heavy atom. The molecule has 0 heterocycles. The first-order chi connectivity index (χ1) is 22.0. The number of rotatable bonds is 10. The maximum atomic E-state index is 13.5. The summed E-state index contributed by atoms with van der Waals surface area (Å²) in [5.41, 5.74) is -2.68. The summed E-state index contributed by atoms with van der Waals surface area (Å²) in [6, 6.07) is 9.69. The average molecular weight is 701 g/mol. The second-order valence-corrected chi connectivity index (χ2v) is 11.2. The van der Waals surface area contributed by atoms with Crippen LogP contribution in [0.4, 0.5) is 37.7 Å². The lowest BCUT2D eigenvalue weighted by Gasteiger charge is -2.21. The molecular weight excluding hydrogens is 677 g/mol. The molecule has 0 atom stereocenters. The Kier molecular flexibility index (Phi) is 10.4. The fraction of sp³-hybridized carbons (Fsp3) is 0.250. The van der Waals surface area contributed by atoms with E-state index < -0.39 is 33.3 Å². The summed E-state index contributed by atoms with van der Waals surface area (Å²) in [6.07, 6.45) is -8.56. The lowest BCUT2D eigenvalue weighted by atomic mass is 9.92. The molecule has 0 bridgehead atoms. The first kappa shape index (κ1) is 35.5. The van der Waals surface area contributed by atoms with Crippen molar-refractivity contribution in [2.75, 3.05) is 0 Å². The molecule has 0 N–H and O–H groups in total. The van der Waals surface area contributed by atoms with Crippen LogP contribution in [0.5, 0.6) is 11.5 Å². The zero-order valence-electron chi connectivity index (χ0n) is 24.6. The lowest BCUT2D eigenvalue weighted by molar-refractivity contribution is -0.385. The van der Waals surface area contributed by atoms with E-state index in [0.717, 1.165) is 36.4 Å². The van der Waals surface area contributed by atoms with Crippen LogP contribution in [0, 0.1) is 20.2 Å². The minimum atomic E-state index is -4.74. The van der Waals surface area contributed by atoms with E-state index in [-0.39, 0.29) is 79.1 Å². The van der Waals surface area contributed by atoms with Gasteiger partial charge >= 0.3 is 12.4 Å². The fourth-order valence-corrected chi connectivity index (χ4v) is 5.80. The Morgan fingerprint density at radius 1 is 0.638 bits per heavy atom. The van der Waals surface area contributed by atoms with Crippen LogP contribution in [0.2, 0.25) is 10.0 Å². The quantitative estimate of drug-likeness (QED) is 0.0932. The first-order valence-electron chi connectivity index (χ1n) is 14.0. The van der Waals surface area contributed by atoms with Crippen molar-refractivity contribution in [3.63, 3.8) is 0 Å². The highest BCUT2D eigenvalue weighted by Crippen LogP contribution is 2.49. The van der Waals surface area contributed by atoms with Gasteiger partial charge in [0.1, 0.15) is 11.5 Å². The fourth-order valence-electron chi connectivity index (χ4n) is 5.25. The van der Waals surface area contributed by atoms with Gasteiger partial charge in [-0.05, 0) is 49.2 Å². The van der Waals surface area contributed by atoms with Crippen LogP contribution in [0.1, 0.15) is 48.9 Å². The van der Waals surface area contributed by atoms with Gasteiger partial charge in [0, 0.05) is 55.6 Å². The number of nitro benzene ring substituents is 2. The third-order valence-electron chi connectivity index (χ3n) is 7.24. The van der Waals surface area contributed by atoms with E-state index in [4.69, 9.17) is 27.9 Å². The average Bonchev–Trinajstić information content (AvgIpc) is 2.97. The van der Waals surface area contributed by atoms with Gasteiger partial charge in [0.05, 0.1) is 21.0 Å². The number of nitrogens with zero attached hydrogens (tertiary/aromatic N) is 2. The van der Waals surface area contributed by atoms with E-state index >= 15 is 0 Å². The maximum Gasteiger partial charge on any atom is 0.416 e. The van der Waals surface area contributed by atoms with Crippen molar-refractivity contribution in [3.05, 3.63) is 113 Å². The largest absolute Gasteiger partial charge is 0.456 e. The smallest absolute Gasteiger partial charge is 0.416 e. The first-order valence-corrected chi connectivity index (χ1v) is 14.8. The summed E-state index contributed by atoms with van der Waals surface area (Å²) in [5.74, 6) is -0.220. The van der Waals surface area contributed by atoms with Crippen LogP contribution in [-0.2, 0) is 25.2 Å². The number of halogens is 8. The van der Waals surface area contributed by atoms with Crippen LogP contribution >= 0.6 is 23.2 Å². The number of benzene rings is 4. The minimum Gasteiger partial charge on any atom is -0.456 e. The summed E-state index contributed by atoms with van der Waals surface area (Å²) < 4.78 is 87.1. The van der Waals surface area contributed by atoms with Crippen LogP contribution in [0.15, 0.2) is 60.7 Å². The number of alkyl halides is 6. The highest BCUT2D eigenvalue weighted by molar-refractivity contribution is 6.34. The summed E-state index contributed by atoms with van der Waals surface area (Å²) in [5, 5.41) is 23.3. The standard InChI is InChI=1S/C32H24Cl2F6N2O5/c1-3-5-21-25(41(43)44)11-13-27(29(21)19-9-7-17(15-23(19)33)31(35,36)37)47-28-14-12-26(42(45)46)22(6-4-2)30(28)20-10-8-18(16-24(20)34)32(38,39)40/h7-16H,3-6H2,1-2H3. The minimum absolute atomic E-state index is 0.000338. The molecule has 4 aromatic carbocycles. The van der Waals surface area contributed by atoms with Crippen LogP contribution in [0.25, 0.3) is 22.3 Å². The van der Waals surface area contributed by atoms with Crippen molar-refractivity contribution in [1.29, 1.82) is 0 Å². The van der Waals surface area contributed by atoms with E-state index in [2.05, 4.69) is 0 Å². The molecule has 47 heavy (non-hydrogen) atoms. The van der Waals surface area contributed by atoms with Crippen molar-refractivity contribution in [2.24, 2.45) is 0 Å². The van der Waals surface area contributed by atoms with E-state index in [1.165, 1.54) is 12.1 Å². The van der Waals surface area contributed by atoms with Gasteiger partial charge in [0.15, 0.2) is 0 Å². The van der Waals surface area contributed by atoms with Crippen LogP contribution in [0.3, 0.4) is 0 Å². The molecule has 7 nitrogen and oxygen atoms in total. The van der Waals surface area contributed by atoms with Gasteiger partial charge < -0.3 is 4.74 Å². The Bertz CT molecular complexity index is 1730. The Balaban J connectivity index is 2.06. The Morgan fingerprint density at radius 2 is 1.00 bits per heavy atom. The van der Waals surface area contributed by atoms with Gasteiger partial charge in [0.25, 0.3) is 11.4 Å². The van der Waals surface area contributed by atoms with Crippen molar-refractivity contribution >= 4 is 34.6 Å². The van der Waals surface area contributed by atoms with E-state index in [1.807, 2.05) is 0 Å². The summed E-state index contributed by atoms with van der Waals surface area (Å²) in [4.78, 5) is 22.8. The van der Waals surface area contributed by atoms with Crippen LogP contribution < -0.4 is 4.74 Å². The van der Waals surface area contributed by atoms with E-state index in [1.54, 1.807) is 13.8 Å². The third-order valence-corrected chi connectivity index (χ3v) is 7.87. The zero-order chi connectivity index (χ0) is 34.8. The van der Waals surface area contributed by atoms with Crippen molar-refractivity contribution in [2.45, 2.75) is 51.9 Å². The van der Waals surface area contributed by atoms with Crippen molar-refractivity contribution < 1.29 is 40.9 Å². The molecule has 0 aliphatic heterocycles. The van der Waals surface area contributed by atoms with Gasteiger partial charge in [-0.15, -0.1) is 0 Å². The number of ether oxygens (including phenoxy) is 1. The molecule has 0 aromatic heterocycles. The molecule has 0 aliphatic rings. The third kappa shape index (κ3) is 7.46. The summed E-state index contributed by atoms with van der Waals surface area (Å²) >= 11 is 12.7. The van der Waals surface area contributed by atoms with Crippen molar-refractivity contribution in [1.82, 2.24) is 0 Å². The predicted octanol–water partition coefficient (Wildman–Crippen LogP) is 11.9. The molecular formula is C32H24Cl2F6N2O5. The van der Waals surface area contributed by atoms with Gasteiger partial charge in [-0.2, -0.15) is 26.3 Å². The summed E-state index contributed by atoms with van der Waals surface area (Å²) in [6.45, 7) is 3.46. The molecule has 0 aliphatic carbocycles. The molecule has 4 rings (SSSR count). The molecule has 4 aromatic rings. The monoisotopic (exact) mass is 700 g/mol. The van der Waals surface area contributed by atoms with Gasteiger partial charge in [-0.25, -0.2) is 0 Å². The molecule has 0 spiro atoms. The highest BCUT2D eigenvalue weighted by Gasteiger charge is 2.34. The molecule has 0 saturated heterocycles. The molecule has 0 amide bonds. The second kappa shape index (κ2) is 13.8. The number of nitro groups is 2. The zero-order valence-corrected chi connectivity index (χ0v) is 26.1. The molecule has 248 valence electrons. The number of hydrogen-bond acceptors (Lipinski definition) is 5. The molecule has 0 saturated carbocycles. The predicted molar refractivity (Wildman–Crippen MR) is 165 cm³/mol. The Labute approximate surface area is 274 Å². The van der Waals surface area contributed by atoms with Gasteiger partial charge in [-0.3, -0.25) is 20.2 Å². The molecule has 0 unspecified atom stereocenters. The molecule has 0 fully saturated rings. The molecule has 15 heteroatoms. The lowest BCUT2D eigenvalue weighted by Crippen LogP contribution is -2.06. The SMILES string of the molecule is CCCc1c([N+](=O)[O-])ccc(Oc2ccc([N+](=O)[O-])c(CCC)c2-c2ccc(C(F)(F)F)cc2Cl)c1-c1ccc(C(F)(F)F)cc1Cl. The topological polar surface area (TPSA) is 95.5 Å². The molecule has 0 radical (unpaired) electrons. The van der Waals surface area contributed by atoms with Crippen molar-refractivity contribution in [3.8, 4) is 33.8 Å². The number of hydrogen-bond donors (Lipinski definition) is 0. The Hall–Kier alpha value is -4.36. The van der Waals surface area contributed by atoms with Crippen LogP contribution in [-0.4, -0.2) is 9.85 Å². The second-order valence-electron chi connectivity index (χ2n) is 10.4. The van der Waals surface area contributed by atoms with Gasteiger partial charge in [0.2, 0.25) is 0 Å².